The highest BCUT2D eigenvalue weighted by molar-refractivity contribution is 7.10. The zero-order chi connectivity index (χ0) is 14.5. The van der Waals surface area contributed by atoms with Crippen LogP contribution in [0.5, 0.6) is 0 Å². The van der Waals surface area contributed by atoms with E-state index in [2.05, 4.69) is 36.7 Å². The predicted octanol–water partition coefficient (Wildman–Crippen LogP) is 5.40. The van der Waals surface area contributed by atoms with Crippen LogP contribution in [-0.2, 0) is 0 Å². The van der Waals surface area contributed by atoms with Crippen molar-refractivity contribution < 1.29 is 0 Å². The summed E-state index contributed by atoms with van der Waals surface area (Å²) in [6.45, 7) is 6.04. The van der Waals surface area contributed by atoms with Crippen LogP contribution in [0.2, 0.25) is 0 Å². The Hall–Kier alpha value is -0.340. The Bertz CT molecular complexity index is 478. The summed E-state index contributed by atoms with van der Waals surface area (Å²) in [5, 5.41) is 6.22. The molecule has 2 heteroatoms. The second-order valence-electron chi connectivity index (χ2n) is 8.54. The molecule has 1 aromatic rings. The molecule has 4 aliphatic carbocycles. The maximum Gasteiger partial charge on any atom is 0.0472 e. The molecule has 5 rings (SSSR count). The molecule has 1 heterocycles. The lowest BCUT2D eigenvalue weighted by molar-refractivity contribution is -0.118. The Labute approximate surface area is 133 Å². The van der Waals surface area contributed by atoms with E-state index in [1.165, 1.54) is 44.9 Å². The monoisotopic (exact) mass is 303 g/mol. The van der Waals surface area contributed by atoms with E-state index in [0.717, 1.165) is 18.4 Å². The Kier molecular flexibility index (Phi) is 3.46. The van der Waals surface area contributed by atoms with Crippen LogP contribution in [0.3, 0.4) is 0 Å². The molecule has 21 heavy (non-hydrogen) atoms. The molecule has 0 spiro atoms. The fourth-order valence-electron chi connectivity index (χ4n) is 6.50. The minimum Gasteiger partial charge on any atom is -0.309 e. The molecule has 116 valence electrons. The summed E-state index contributed by atoms with van der Waals surface area (Å²) >= 11 is 1.97. The van der Waals surface area contributed by atoms with E-state index in [1.54, 1.807) is 4.88 Å². The van der Waals surface area contributed by atoms with Gasteiger partial charge in [0.1, 0.15) is 0 Å². The minimum absolute atomic E-state index is 0.554. The van der Waals surface area contributed by atoms with Gasteiger partial charge in [-0.15, -0.1) is 11.3 Å². The first-order chi connectivity index (χ1) is 10.1. The van der Waals surface area contributed by atoms with Crippen molar-refractivity contribution in [3.63, 3.8) is 0 Å². The molecule has 0 aliphatic heterocycles. The smallest absolute Gasteiger partial charge is 0.0472 e. The molecule has 1 N–H and O–H groups in total. The Morgan fingerprint density at radius 2 is 2.05 bits per heavy atom. The Morgan fingerprint density at radius 3 is 2.62 bits per heavy atom. The van der Waals surface area contributed by atoms with Gasteiger partial charge in [0, 0.05) is 10.9 Å². The van der Waals surface area contributed by atoms with Crippen molar-refractivity contribution in [1.82, 2.24) is 5.32 Å². The molecule has 3 atom stereocenters. The highest BCUT2D eigenvalue weighted by atomic mass is 32.1. The summed E-state index contributed by atoms with van der Waals surface area (Å²) in [5.41, 5.74) is 1.20. The average molecular weight is 304 g/mol. The van der Waals surface area contributed by atoms with Gasteiger partial charge >= 0.3 is 0 Å². The van der Waals surface area contributed by atoms with Crippen LogP contribution in [0, 0.1) is 22.7 Å². The van der Waals surface area contributed by atoms with Crippen molar-refractivity contribution in [1.29, 1.82) is 0 Å². The first kappa shape index (κ1) is 14.3. The summed E-state index contributed by atoms with van der Waals surface area (Å²) in [4.78, 5) is 1.59. The quantitative estimate of drug-likeness (QED) is 0.768. The van der Waals surface area contributed by atoms with Crippen LogP contribution >= 0.6 is 11.3 Å². The molecular weight excluding hydrogens is 274 g/mol. The Morgan fingerprint density at radius 1 is 1.29 bits per heavy atom. The van der Waals surface area contributed by atoms with Gasteiger partial charge in [-0.3, -0.25) is 0 Å². The van der Waals surface area contributed by atoms with Crippen LogP contribution < -0.4 is 5.32 Å². The molecule has 0 amide bonds. The number of nitrogens with one attached hydrogen (secondary N) is 1. The van der Waals surface area contributed by atoms with Crippen LogP contribution in [0.25, 0.3) is 0 Å². The van der Waals surface area contributed by atoms with Crippen molar-refractivity contribution >= 4 is 11.3 Å². The van der Waals surface area contributed by atoms with Crippen molar-refractivity contribution in [2.45, 2.75) is 64.8 Å². The minimum atomic E-state index is 0.554. The molecule has 0 saturated heterocycles. The topological polar surface area (TPSA) is 12.0 Å². The van der Waals surface area contributed by atoms with Gasteiger partial charge in [0.25, 0.3) is 0 Å². The van der Waals surface area contributed by atoms with Gasteiger partial charge in [-0.2, -0.15) is 0 Å². The van der Waals surface area contributed by atoms with Gasteiger partial charge in [-0.25, -0.2) is 0 Å². The lowest BCUT2D eigenvalue weighted by Gasteiger charge is -2.63. The molecule has 1 aromatic heterocycles. The fraction of sp³-hybridized carbons (Fsp3) is 0.789. The number of hydrogen-bond donors (Lipinski definition) is 1. The van der Waals surface area contributed by atoms with Gasteiger partial charge in [0.15, 0.2) is 0 Å². The predicted molar refractivity (Wildman–Crippen MR) is 90.6 cm³/mol. The van der Waals surface area contributed by atoms with Gasteiger partial charge in [0.05, 0.1) is 0 Å². The van der Waals surface area contributed by atoms with Gasteiger partial charge < -0.3 is 5.32 Å². The van der Waals surface area contributed by atoms with E-state index in [0.29, 0.717) is 16.9 Å². The van der Waals surface area contributed by atoms with E-state index in [1.807, 2.05) is 11.3 Å². The fourth-order valence-corrected chi connectivity index (χ4v) is 7.44. The molecule has 0 radical (unpaired) electrons. The largest absolute Gasteiger partial charge is 0.309 e. The summed E-state index contributed by atoms with van der Waals surface area (Å²) in [7, 11) is 0. The molecule has 4 bridgehead atoms. The first-order valence-electron chi connectivity index (χ1n) is 8.89. The highest BCUT2D eigenvalue weighted by Crippen LogP contribution is 2.68. The van der Waals surface area contributed by atoms with Crippen LogP contribution in [0.1, 0.15) is 69.7 Å². The van der Waals surface area contributed by atoms with E-state index in [-0.39, 0.29) is 0 Å². The molecule has 0 aromatic carbocycles. The van der Waals surface area contributed by atoms with Gasteiger partial charge in [0.2, 0.25) is 0 Å². The molecular formula is C19H29NS. The summed E-state index contributed by atoms with van der Waals surface area (Å²) < 4.78 is 0. The second-order valence-corrected chi connectivity index (χ2v) is 9.52. The van der Waals surface area contributed by atoms with Crippen molar-refractivity contribution in [2.75, 3.05) is 6.54 Å². The number of thiophene rings is 1. The number of hydrogen-bond acceptors (Lipinski definition) is 2. The van der Waals surface area contributed by atoms with E-state index < -0.39 is 0 Å². The van der Waals surface area contributed by atoms with Crippen molar-refractivity contribution in [2.24, 2.45) is 22.7 Å². The second kappa shape index (κ2) is 5.09. The Balaban J connectivity index is 1.68. The molecule has 4 saturated carbocycles. The average Bonchev–Trinajstić information content (AvgIpc) is 2.89. The third-order valence-corrected chi connectivity index (χ3v) is 7.37. The maximum absolute atomic E-state index is 3.96. The highest BCUT2D eigenvalue weighted by Gasteiger charge is 2.58. The normalized spacial score (nSPS) is 42.4. The van der Waals surface area contributed by atoms with Crippen molar-refractivity contribution in [3.05, 3.63) is 22.4 Å². The maximum atomic E-state index is 3.96. The summed E-state index contributed by atoms with van der Waals surface area (Å²) in [5.74, 6) is 2.03. The van der Waals surface area contributed by atoms with E-state index in [9.17, 15) is 0 Å². The van der Waals surface area contributed by atoms with Crippen LogP contribution in [0.15, 0.2) is 17.5 Å². The lowest BCUT2D eigenvalue weighted by atomic mass is 9.43. The molecule has 4 aliphatic rings. The number of rotatable bonds is 5. The third-order valence-electron chi connectivity index (χ3n) is 6.44. The van der Waals surface area contributed by atoms with E-state index >= 15 is 0 Å². The zero-order valence-electron chi connectivity index (χ0n) is 13.5. The zero-order valence-corrected chi connectivity index (χ0v) is 14.3. The van der Waals surface area contributed by atoms with E-state index in [4.69, 9.17) is 0 Å². The van der Waals surface area contributed by atoms with Crippen LogP contribution in [0.4, 0.5) is 0 Å². The summed E-state index contributed by atoms with van der Waals surface area (Å²) in [6.07, 6.45) is 10.2. The van der Waals surface area contributed by atoms with Crippen LogP contribution in [-0.4, -0.2) is 6.54 Å². The van der Waals surface area contributed by atoms with Gasteiger partial charge in [-0.05, 0) is 85.6 Å². The standard InChI is InChI=1S/C19H29NS/c1-3-6-20-17(16-5-4-7-21-16)19-11-14-8-15(12-19)10-18(2,9-14)13-19/h4-5,7,14-15,17,20H,3,6,8-13H2,1-2H3. The molecule has 1 nitrogen and oxygen atoms in total. The first-order valence-corrected chi connectivity index (χ1v) is 9.77. The van der Waals surface area contributed by atoms with Gasteiger partial charge in [-0.1, -0.05) is 19.9 Å². The lowest BCUT2D eigenvalue weighted by Crippen LogP contribution is -2.55. The third kappa shape index (κ3) is 2.39. The van der Waals surface area contributed by atoms with Crippen molar-refractivity contribution in [3.8, 4) is 0 Å². The summed E-state index contributed by atoms with van der Waals surface area (Å²) in [6, 6.07) is 5.23. The SMILES string of the molecule is CCCNC(c1cccs1)C12CC3CC(CC(C)(C3)C1)C2. The molecule has 3 unspecified atom stereocenters. The molecule has 4 fully saturated rings.